The van der Waals surface area contributed by atoms with Crippen LogP contribution in [0.5, 0.6) is 0 Å². The number of primary amides is 1. The molecule has 2 aromatic carbocycles. The molecular formula is C18H16N2O3. The third-order valence-corrected chi connectivity index (χ3v) is 4.51. The van der Waals surface area contributed by atoms with E-state index in [-0.39, 0.29) is 12.5 Å². The predicted molar refractivity (Wildman–Crippen MR) is 84.8 cm³/mol. The monoisotopic (exact) mass is 308 g/mol. The summed E-state index contributed by atoms with van der Waals surface area (Å²) in [5, 5.41) is 0. The van der Waals surface area contributed by atoms with Gasteiger partial charge in [0.15, 0.2) is 0 Å². The highest BCUT2D eigenvalue weighted by Crippen LogP contribution is 2.44. The molecule has 1 aliphatic carbocycles. The molecule has 5 heteroatoms. The average molecular weight is 308 g/mol. The maximum absolute atomic E-state index is 12.0. The predicted octanol–water partition coefficient (Wildman–Crippen LogP) is 2.11. The summed E-state index contributed by atoms with van der Waals surface area (Å²) in [7, 11) is 0. The molecule has 4 rings (SSSR count). The van der Waals surface area contributed by atoms with Gasteiger partial charge in [0, 0.05) is 5.92 Å². The summed E-state index contributed by atoms with van der Waals surface area (Å²) >= 11 is 0. The van der Waals surface area contributed by atoms with Gasteiger partial charge in [-0.05, 0) is 22.3 Å². The van der Waals surface area contributed by atoms with Gasteiger partial charge in [0.05, 0.1) is 6.54 Å². The first kappa shape index (κ1) is 13.8. The zero-order chi connectivity index (χ0) is 16.0. The van der Waals surface area contributed by atoms with Gasteiger partial charge in [0.25, 0.3) is 0 Å². The topological polar surface area (TPSA) is 72.4 Å². The second-order valence-corrected chi connectivity index (χ2v) is 5.87. The summed E-state index contributed by atoms with van der Waals surface area (Å²) in [6.07, 6.45) is -0.476. The van der Waals surface area contributed by atoms with Crippen LogP contribution in [0.1, 0.15) is 17.0 Å². The Morgan fingerprint density at radius 3 is 2.13 bits per heavy atom. The van der Waals surface area contributed by atoms with Gasteiger partial charge in [0.1, 0.15) is 12.6 Å². The lowest BCUT2D eigenvalue weighted by Gasteiger charge is -2.14. The minimum Gasteiger partial charge on any atom is -0.448 e. The molecule has 0 bridgehead atoms. The van der Waals surface area contributed by atoms with Gasteiger partial charge < -0.3 is 10.5 Å². The number of nitrogens with two attached hydrogens (primary N) is 1. The van der Waals surface area contributed by atoms with Crippen LogP contribution in [0.2, 0.25) is 0 Å². The first-order valence-corrected chi connectivity index (χ1v) is 7.57. The molecule has 0 spiro atoms. The van der Waals surface area contributed by atoms with E-state index in [9.17, 15) is 9.59 Å². The number of amides is 2. The van der Waals surface area contributed by atoms with E-state index in [0.717, 1.165) is 0 Å². The Morgan fingerprint density at radius 1 is 1.04 bits per heavy atom. The van der Waals surface area contributed by atoms with E-state index in [1.54, 1.807) is 0 Å². The third-order valence-electron chi connectivity index (χ3n) is 4.51. The number of rotatable bonds is 3. The minimum atomic E-state index is -0.509. The van der Waals surface area contributed by atoms with Gasteiger partial charge in [-0.15, -0.1) is 0 Å². The summed E-state index contributed by atoms with van der Waals surface area (Å²) in [6.45, 7) is 0.612. The van der Waals surface area contributed by atoms with E-state index in [2.05, 4.69) is 24.3 Å². The van der Waals surface area contributed by atoms with Gasteiger partial charge in [-0.2, -0.15) is 0 Å². The van der Waals surface area contributed by atoms with Crippen molar-refractivity contribution in [2.24, 2.45) is 5.73 Å². The molecule has 2 amide bonds. The summed E-state index contributed by atoms with van der Waals surface area (Å²) in [6, 6.07) is 15.8. The number of benzene rings is 2. The van der Waals surface area contributed by atoms with Crippen LogP contribution >= 0.6 is 0 Å². The minimum absolute atomic E-state index is 0.0262. The highest BCUT2D eigenvalue weighted by molar-refractivity contribution is 5.89. The van der Waals surface area contributed by atoms with Crippen molar-refractivity contribution in [1.82, 2.24) is 4.90 Å². The van der Waals surface area contributed by atoms with E-state index in [1.165, 1.54) is 27.2 Å². The standard InChI is InChI=1S/C18H16N2O3/c19-17(21)16-9-20(16)18(22)23-10-15-13-7-3-1-5-11(13)12-6-2-4-8-14(12)15/h1-8,15-16H,9-10H2,(H2,19,21). The number of fused-ring (bicyclic) bond motifs is 3. The van der Waals surface area contributed by atoms with Gasteiger partial charge >= 0.3 is 6.09 Å². The third kappa shape index (κ3) is 2.25. The van der Waals surface area contributed by atoms with Gasteiger partial charge in [-0.3, -0.25) is 9.69 Å². The molecule has 1 heterocycles. The maximum atomic E-state index is 12.0. The molecule has 1 fully saturated rings. The average Bonchev–Trinajstić information content (AvgIpc) is 3.31. The molecule has 0 saturated carbocycles. The Bertz CT molecular complexity index is 757. The van der Waals surface area contributed by atoms with Gasteiger partial charge in [-0.1, -0.05) is 48.5 Å². The zero-order valence-electron chi connectivity index (χ0n) is 12.4. The van der Waals surface area contributed by atoms with Crippen LogP contribution in [-0.2, 0) is 9.53 Å². The molecular weight excluding hydrogens is 292 g/mol. The second-order valence-electron chi connectivity index (χ2n) is 5.87. The Hall–Kier alpha value is -2.82. The fraction of sp³-hybridized carbons (Fsp3) is 0.222. The lowest BCUT2D eigenvalue weighted by Crippen LogP contribution is -2.26. The molecule has 116 valence electrons. The molecule has 1 atom stereocenters. The smallest absolute Gasteiger partial charge is 0.410 e. The first-order valence-electron chi connectivity index (χ1n) is 7.57. The lowest BCUT2D eigenvalue weighted by molar-refractivity contribution is -0.118. The fourth-order valence-electron chi connectivity index (χ4n) is 3.26. The molecule has 2 aliphatic rings. The Morgan fingerprint density at radius 2 is 1.61 bits per heavy atom. The molecule has 1 unspecified atom stereocenters. The van der Waals surface area contributed by atoms with E-state index >= 15 is 0 Å². The van der Waals surface area contributed by atoms with Crippen molar-refractivity contribution >= 4 is 12.0 Å². The van der Waals surface area contributed by atoms with Crippen molar-refractivity contribution in [3.8, 4) is 11.1 Å². The van der Waals surface area contributed by atoms with Crippen molar-refractivity contribution in [2.45, 2.75) is 12.0 Å². The van der Waals surface area contributed by atoms with E-state index in [1.807, 2.05) is 24.3 Å². The number of nitrogens with zero attached hydrogens (tertiary/aromatic N) is 1. The van der Waals surface area contributed by atoms with Crippen molar-refractivity contribution in [1.29, 1.82) is 0 Å². The molecule has 5 nitrogen and oxygen atoms in total. The number of hydrogen-bond donors (Lipinski definition) is 1. The van der Waals surface area contributed by atoms with Crippen LogP contribution in [0.15, 0.2) is 48.5 Å². The first-order chi connectivity index (χ1) is 11.2. The van der Waals surface area contributed by atoms with Crippen molar-refractivity contribution in [2.75, 3.05) is 13.2 Å². The van der Waals surface area contributed by atoms with Crippen LogP contribution < -0.4 is 5.73 Å². The van der Waals surface area contributed by atoms with Crippen LogP contribution in [0.25, 0.3) is 11.1 Å². The molecule has 0 radical (unpaired) electrons. The molecule has 23 heavy (non-hydrogen) atoms. The Balaban J connectivity index is 1.53. The largest absolute Gasteiger partial charge is 0.448 e. The fourth-order valence-corrected chi connectivity index (χ4v) is 3.26. The highest BCUT2D eigenvalue weighted by atomic mass is 16.6. The maximum Gasteiger partial charge on any atom is 0.410 e. The van der Waals surface area contributed by atoms with Crippen LogP contribution in [0.3, 0.4) is 0 Å². The summed E-state index contributed by atoms with van der Waals surface area (Å²) in [4.78, 5) is 24.4. The number of hydrogen-bond acceptors (Lipinski definition) is 3. The summed E-state index contributed by atoms with van der Waals surface area (Å²) < 4.78 is 5.42. The number of carbonyl (C=O) groups excluding carboxylic acids is 2. The van der Waals surface area contributed by atoms with Gasteiger partial charge in [-0.25, -0.2) is 4.79 Å². The highest BCUT2D eigenvalue weighted by Gasteiger charge is 2.44. The molecule has 2 aromatic rings. The Kier molecular flexibility index (Phi) is 3.08. The van der Waals surface area contributed by atoms with Crippen LogP contribution in [-0.4, -0.2) is 36.1 Å². The van der Waals surface area contributed by atoms with E-state index < -0.39 is 18.0 Å². The molecule has 0 aromatic heterocycles. The Labute approximate surface area is 133 Å². The van der Waals surface area contributed by atoms with Crippen molar-refractivity contribution in [3.05, 3.63) is 59.7 Å². The summed E-state index contributed by atoms with van der Waals surface area (Å²) in [5.74, 6) is -0.461. The van der Waals surface area contributed by atoms with Gasteiger partial charge in [0.2, 0.25) is 5.91 Å². The molecule has 2 N–H and O–H groups in total. The normalized spacial score (nSPS) is 18.3. The molecule has 1 saturated heterocycles. The van der Waals surface area contributed by atoms with Crippen LogP contribution in [0, 0.1) is 0 Å². The number of carbonyl (C=O) groups is 2. The lowest BCUT2D eigenvalue weighted by atomic mass is 9.98. The quantitative estimate of drug-likeness (QED) is 0.883. The van der Waals surface area contributed by atoms with Crippen molar-refractivity contribution < 1.29 is 14.3 Å². The van der Waals surface area contributed by atoms with E-state index in [0.29, 0.717) is 6.54 Å². The van der Waals surface area contributed by atoms with Crippen LogP contribution in [0.4, 0.5) is 4.79 Å². The summed E-state index contributed by atoms with van der Waals surface area (Å²) in [5.41, 5.74) is 9.89. The van der Waals surface area contributed by atoms with Crippen molar-refractivity contribution in [3.63, 3.8) is 0 Å². The van der Waals surface area contributed by atoms with E-state index in [4.69, 9.17) is 10.5 Å². The number of ether oxygens (including phenoxy) is 1. The molecule has 1 aliphatic heterocycles. The second kappa shape index (κ2) is 5.12. The zero-order valence-corrected chi connectivity index (χ0v) is 12.4. The SMILES string of the molecule is NC(=O)C1CN1C(=O)OCC1c2ccccc2-c2ccccc21.